The third-order valence-corrected chi connectivity index (χ3v) is 3.80. The molecule has 0 amide bonds. The number of pyridine rings is 1. The van der Waals surface area contributed by atoms with E-state index in [1.54, 1.807) is 0 Å². The zero-order valence-corrected chi connectivity index (χ0v) is 14.4. The van der Waals surface area contributed by atoms with Gasteiger partial charge in [0.15, 0.2) is 0 Å². The van der Waals surface area contributed by atoms with Crippen LogP contribution in [-0.2, 0) is 6.42 Å². The molecule has 0 saturated carbocycles. The Morgan fingerprint density at radius 1 is 1.00 bits per heavy atom. The molecule has 0 atom stereocenters. The number of hydrogen-bond donors (Lipinski definition) is 0. The van der Waals surface area contributed by atoms with Crippen LogP contribution >= 0.6 is 11.6 Å². The van der Waals surface area contributed by atoms with Crippen molar-refractivity contribution in [2.45, 2.75) is 20.3 Å². The maximum absolute atomic E-state index is 6.13. The molecule has 122 valence electrons. The predicted molar refractivity (Wildman–Crippen MR) is 95.4 cm³/mol. The molecule has 0 spiro atoms. The Balaban J connectivity index is 1.97. The highest BCUT2D eigenvalue weighted by Gasteiger charge is 2.10. The second-order valence-electron chi connectivity index (χ2n) is 5.45. The van der Waals surface area contributed by atoms with Gasteiger partial charge in [-0.2, -0.15) is 0 Å². The molecule has 3 rings (SSSR count). The van der Waals surface area contributed by atoms with E-state index in [9.17, 15) is 0 Å². The maximum Gasteiger partial charge on any atom is 0.221 e. The van der Waals surface area contributed by atoms with Crippen molar-refractivity contribution in [2.75, 3.05) is 6.61 Å². The van der Waals surface area contributed by atoms with Crippen LogP contribution in [0.2, 0.25) is 5.02 Å². The minimum absolute atomic E-state index is 0.561. The standard InChI is InChI=1S/C19H18ClN3O/c1-3-24-19-18(16-5-4-6-17(20)9-16)8-14(10-23-19)7-15-11-21-13(2)22-12-15/h4-6,8-12H,3,7H2,1-2H3. The number of hydrogen-bond acceptors (Lipinski definition) is 4. The second-order valence-corrected chi connectivity index (χ2v) is 5.89. The molecule has 0 N–H and O–H groups in total. The maximum atomic E-state index is 6.13. The molecular weight excluding hydrogens is 322 g/mol. The summed E-state index contributed by atoms with van der Waals surface area (Å²) in [6.07, 6.45) is 6.24. The number of aryl methyl sites for hydroxylation is 1. The Labute approximate surface area is 146 Å². The van der Waals surface area contributed by atoms with Crippen molar-refractivity contribution < 1.29 is 4.74 Å². The molecule has 0 unspecified atom stereocenters. The fourth-order valence-electron chi connectivity index (χ4n) is 2.45. The molecular formula is C19H18ClN3O. The van der Waals surface area contributed by atoms with Crippen molar-refractivity contribution in [2.24, 2.45) is 0 Å². The highest BCUT2D eigenvalue weighted by atomic mass is 35.5. The van der Waals surface area contributed by atoms with E-state index in [0.717, 1.165) is 28.1 Å². The molecule has 4 nitrogen and oxygen atoms in total. The van der Waals surface area contributed by atoms with Crippen molar-refractivity contribution in [1.82, 2.24) is 15.0 Å². The third-order valence-electron chi connectivity index (χ3n) is 3.57. The van der Waals surface area contributed by atoms with Gasteiger partial charge in [-0.05, 0) is 48.7 Å². The summed E-state index contributed by atoms with van der Waals surface area (Å²) in [5, 5.41) is 0.687. The minimum atomic E-state index is 0.561. The first-order valence-corrected chi connectivity index (χ1v) is 8.18. The molecule has 0 radical (unpaired) electrons. The van der Waals surface area contributed by atoms with Crippen LogP contribution in [0.1, 0.15) is 23.9 Å². The summed E-state index contributed by atoms with van der Waals surface area (Å²) in [4.78, 5) is 13.0. The van der Waals surface area contributed by atoms with Crippen LogP contribution in [0.15, 0.2) is 48.9 Å². The molecule has 0 aliphatic rings. The number of nitrogens with zero attached hydrogens (tertiary/aromatic N) is 3. The van der Waals surface area contributed by atoms with Crippen molar-refractivity contribution in [3.63, 3.8) is 0 Å². The summed E-state index contributed by atoms with van der Waals surface area (Å²) in [5.41, 5.74) is 4.04. The predicted octanol–water partition coefficient (Wildman–Crippen LogP) is 4.49. The van der Waals surface area contributed by atoms with Crippen LogP contribution in [0.5, 0.6) is 5.88 Å². The first-order valence-electron chi connectivity index (χ1n) is 7.81. The lowest BCUT2D eigenvalue weighted by molar-refractivity contribution is 0.328. The summed E-state index contributed by atoms with van der Waals surface area (Å²) in [6.45, 7) is 4.38. The number of aromatic nitrogens is 3. The van der Waals surface area contributed by atoms with Crippen molar-refractivity contribution in [1.29, 1.82) is 0 Å². The Morgan fingerprint density at radius 3 is 2.46 bits per heavy atom. The largest absolute Gasteiger partial charge is 0.478 e. The van der Waals surface area contributed by atoms with Crippen LogP contribution in [0.4, 0.5) is 0 Å². The van der Waals surface area contributed by atoms with Crippen molar-refractivity contribution in [3.05, 3.63) is 70.9 Å². The Hall–Kier alpha value is -2.46. The smallest absolute Gasteiger partial charge is 0.221 e. The SMILES string of the molecule is CCOc1ncc(Cc2cnc(C)nc2)cc1-c1cccc(Cl)c1. The first kappa shape index (κ1) is 16.4. The quantitative estimate of drug-likeness (QED) is 0.687. The third kappa shape index (κ3) is 3.89. The number of rotatable bonds is 5. The van der Waals surface area contributed by atoms with Gasteiger partial charge in [0.25, 0.3) is 0 Å². The molecule has 0 fully saturated rings. The van der Waals surface area contributed by atoms with Crippen LogP contribution in [0.3, 0.4) is 0 Å². The van der Waals surface area contributed by atoms with E-state index in [-0.39, 0.29) is 0 Å². The average molecular weight is 340 g/mol. The highest BCUT2D eigenvalue weighted by Crippen LogP contribution is 2.31. The van der Waals surface area contributed by atoms with E-state index in [4.69, 9.17) is 16.3 Å². The van der Waals surface area contributed by atoms with E-state index in [0.29, 0.717) is 23.9 Å². The minimum Gasteiger partial charge on any atom is -0.478 e. The second kappa shape index (κ2) is 7.41. The van der Waals surface area contributed by atoms with E-state index in [2.05, 4.69) is 21.0 Å². The summed E-state index contributed by atoms with van der Waals surface area (Å²) >= 11 is 6.13. The molecule has 0 aliphatic carbocycles. The van der Waals surface area contributed by atoms with Gasteiger partial charge in [0, 0.05) is 35.6 Å². The molecule has 0 aliphatic heterocycles. The highest BCUT2D eigenvalue weighted by molar-refractivity contribution is 6.30. The zero-order chi connectivity index (χ0) is 16.9. The van der Waals surface area contributed by atoms with Gasteiger partial charge in [0.2, 0.25) is 5.88 Å². The first-order chi connectivity index (χ1) is 11.7. The Kier molecular flexibility index (Phi) is 5.06. The normalized spacial score (nSPS) is 10.6. The number of halogens is 1. The van der Waals surface area contributed by atoms with E-state index in [1.807, 2.05) is 56.7 Å². The molecule has 0 bridgehead atoms. The number of ether oxygens (including phenoxy) is 1. The molecule has 3 aromatic rings. The number of benzene rings is 1. The van der Waals surface area contributed by atoms with E-state index < -0.39 is 0 Å². The van der Waals surface area contributed by atoms with E-state index >= 15 is 0 Å². The monoisotopic (exact) mass is 339 g/mol. The fraction of sp³-hybridized carbons (Fsp3) is 0.211. The zero-order valence-electron chi connectivity index (χ0n) is 13.7. The molecule has 2 aromatic heterocycles. The Morgan fingerprint density at radius 2 is 1.75 bits per heavy atom. The van der Waals surface area contributed by atoms with Gasteiger partial charge in [-0.1, -0.05) is 23.7 Å². The van der Waals surface area contributed by atoms with E-state index in [1.165, 1.54) is 0 Å². The molecule has 0 saturated heterocycles. The summed E-state index contributed by atoms with van der Waals surface area (Å²) in [5.74, 6) is 1.38. The van der Waals surface area contributed by atoms with Crippen molar-refractivity contribution in [3.8, 4) is 17.0 Å². The lowest BCUT2D eigenvalue weighted by Gasteiger charge is -2.12. The van der Waals surface area contributed by atoms with Crippen LogP contribution in [0, 0.1) is 6.92 Å². The molecule has 2 heterocycles. The summed E-state index contributed by atoms with van der Waals surface area (Å²) < 4.78 is 5.67. The van der Waals surface area contributed by atoms with Crippen LogP contribution in [0.25, 0.3) is 11.1 Å². The summed E-state index contributed by atoms with van der Waals surface area (Å²) in [6, 6.07) is 9.79. The molecule has 1 aromatic carbocycles. The fourth-order valence-corrected chi connectivity index (χ4v) is 2.64. The van der Waals surface area contributed by atoms with Gasteiger partial charge in [-0.15, -0.1) is 0 Å². The average Bonchev–Trinajstić information content (AvgIpc) is 2.58. The van der Waals surface area contributed by atoms with Gasteiger partial charge in [0.05, 0.1) is 6.61 Å². The van der Waals surface area contributed by atoms with Gasteiger partial charge in [-0.3, -0.25) is 0 Å². The van der Waals surface area contributed by atoms with Crippen LogP contribution in [-0.4, -0.2) is 21.6 Å². The topological polar surface area (TPSA) is 47.9 Å². The molecule has 5 heteroatoms. The van der Waals surface area contributed by atoms with Gasteiger partial charge >= 0.3 is 0 Å². The lowest BCUT2D eigenvalue weighted by atomic mass is 10.0. The van der Waals surface area contributed by atoms with Crippen molar-refractivity contribution >= 4 is 11.6 Å². The van der Waals surface area contributed by atoms with Gasteiger partial charge < -0.3 is 4.74 Å². The summed E-state index contributed by atoms with van der Waals surface area (Å²) in [7, 11) is 0. The van der Waals surface area contributed by atoms with Gasteiger partial charge in [0.1, 0.15) is 5.82 Å². The molecule has 24 heavy (non-hydrogen) atoms. The Bertz CT molecular complexity index is 834. The van der Waals surface area contributed by atoms with Gasteiger partial charge in [-0.25, -0.2) is 15.0 Å². The lowest BCUT2D eigenvalue weighted by Crippen LogP contribution is -2.00. The van der Waals surface area contributed by atoms with Crippen LogP contribution < -0.4 is 4.74 Å².